The van der Waals surface area contributed by atoms with Gasteiger partial charge < -0.3 is 4.57 Å². The van der Waals surface area contributed by atoms with E-state index >= 15 is 0 Å². The van der Waals surface area contributed by atoms with Crippen LogP contribution in [0.4, 0.5) is 4.39 Å². The number of aromatic nitrogens is 1. The molecular formula is C12H10FNO. The highest BCUT2D eigenvalue weighted by atomic mass is 19.1. The van der Waals surface area contributed by atoms with E-state index in [2.05, 4.69) is 0 Å². The molecule has 15 heavy (non-hydrogen) atoms. The molecule has 0 atom stereocenters. The zero-order chi connectivity index (χ0) is 10.8. The zero-order valence-electron chi connectivity index (χ0n) is 8.27. The van der Waals surface area contributed by atoms with Crippen LogP contribution < -0.4 is 0 Å². The Kier molecular flexibility index (Phi) is 2.37. The summed E-state index contributed by atoms with van der Waals surface area (Å²) < 4.78 is 14.4. The first-order chi connectivity index (χ1) is 7.16. The van der Waals surface area contributed by atoms with Crippen LogP contribution in [0.2, 0.25) is 0 Å². The van der Waals surface area contributed by atoms with E-state index in [0.717, 1.165) is 0 Å². The molecule has 3 heteroatoms. The van der Waals surface area contributed by atoms with Crippen LogP contribution in [-0.4, -0.2) is 10.4 Å². The summed E-state index contributed by atoms with van der Waals surface area (Å²) in [6.45, 7) is 0. The molecule has 76 valence electrons. The second kappa shape index (κ2) is 3.69. The van der Waals surface area contributed by atoms with E-state index in [0.29, 0.717) is 11.1 Å². The van der Waals surface area contributed by atoms with Crippen LogP contribution in [0.5, 0.6) is 0 Å². The Labute approximate surface area is 87.0 Å². The van der Waals surface area contributed by atoms with Gasteiger partial charge in [0.1, 0.15) is 5.82 Å². The number of hydrogen-bond donors (Lipinski definition) is 0. The molecule has 2 rings (SSSR count). The normalized spacial score (nSPS) is 10.3. The number of halogens is 1. The molecule has 0 bridgehead atoms. The molecule has 0 aliphatic heterocycles. The quantitative estimate of drug-likeness (QED) is 0.687. The highest BCUT2D eigenvalue weighted by molar-refractivity contribution is 6.08. The van der Waals surface area contributed by atoms with Crippen molar-refractivity contribution in [3.8, 4) is 0 Å². The summed E-state index contributed by atoms with van der Waals surface area (Å²) >= 11 is 0. The molecule has 0 aliphatic rings. The molecule has 1 aromatic carbocycles. The Balaban J connectivity index is 2.32. The summed E-state index contributed by atoms with van der Waals surface area (Å²) in [5.41, 5.74) is 1.12. The van der Waals surface area contributed by atoms with Crippen LogP contribution in [0.25, 0.3) is 0 Å². The van der Waals surface area contributed by atoms with Gasteiger partial charge in [0.15, 0.2) is 5.78 Å². The van der Waals surface area contributed by atoms with Crippen LogP contribution in [0, 0.1) is 5.82 Å². The Morgan fingerprint density at radius 1 is 1.13 bits per heavy atom. The van der Waals surface area contributed by atoms with Crippen LogP contribution in [-0.2, 0) is 7.05 Å². The number of nitrogens with zero attached hydrogens (tertiary/aromatic N) is 1. The first-order valence-corrected chi connectivity index (χ1v) is 4.59. The van der Waals surface area contributed by atoms with Crippen molar-refractivity contribution in [2.75, 3.05) is 0 Å². The lowest BCUT2D eigenvalue weighted by Gasteiger charge is -1.97. The van der Waals surface area contributed by atoms with E-state index in [9.17, 15) is 9.18 Å². The number of carbonyl (C=O) groups excluding carboxylic acids is 1. The molecule has 0 saturated carbocycles. The molecule has 0 unspecified atom stereocenters. The molecule has 0 spiro atoms. The minimum atomic E-state index is -0.334. The summed E-state index contributed by atoms with van der Waals surface area (Å²) in [5, 5.41) is 0. The standard InChI is InChI=1S/C12H10FNO/c1-14-7-6-10(8-14)12(15)9-2-4-11(13)5-3-9/h2-8H,1H3. The fraction of sp³-hybridized carbons (Fsp3) is 0.0833. The number of benzene rings is 1. The molecule has 0 N–H and O–H groups in total. The largest absolute Gasteiger partial charge is 0.357 e. The summed E-state index contributed by atoms with van der Waals surface area (Å²) in [6.07, 6.45) is 3.54. The molecule has 0 saturated heterocycles. The highest BCUT2D eigenvalue weighted by Crippen LogP contribution is 2.10. The van der Waals surface area contributed by atoms with E-state index in [4.69, 9.17) is 0 Å². The maximum Gasteiger partial charge on any atom is 0.194 e. The number of carbonyl (C=O) groups is 1. The van der Waals surface area contributed by atoms with Gasteiger partial charge in [-0.2, -0.15) is 0 Å². The van der Waals surface area contributed by atoms with Crippen molar-refractivity contribution in [1.29, 1.82) is 0 Å². The maximum atomic E-state index is 12.6. The topological polar surface area (TPSA) is 22.0 Å². The smallest absolute Gasteiger partial charge is 0.194 e. The average Bonchev–Trinajstić information content (AvgIpc) is 2.65. The molecule has 0 radical (unpaired) electrons. The van der Waals surface area contributed by atoms with Gasteiger partial charge in [0.05, 0.1) is 0 Å². The molecule has 0 aliphatic carbocycles. The predicted octanol–water partition coefficient (Wildman–Crippen LogP) is 2.40. The van der Waals surface area contributed by atoms with Crippen molar-refractivity contribution in [1.82, 2.24) is 4.57 Å². The predicted molar refractivity (Wildman–Crippen MR) is 55.2 cm³/mol. The Morgan fingerprint density at radius 3 is 2.33 bits per heavy atom. The van der Waals surface area contributed by atoms with Gasteiger partial charge in [0, 0.05) is 30.6 Å². The van der Waals surface area contributed by atoms with E-state index in [-0.39, 0.29) is 11.6 Å². The van der Waals surface area contributed by atoms with Crippen molar-refractivity contribution in [3.63, 3.8) is 0 Å². The van der Waals surface area contributed by atoms with Gasteiger partial charge in [0.2, 0.25) is 0 Å². The van der Waals surface area contributed by atoms with Gasteiger partial charge >= 0.3 is 0 Å². The lowest BCUT2D eigenvalue weighted by Crippen LogP contribution is -1.99. The monoisotopic (exact) mass is 203 g/mol. The third-order valence-electron chi connectivity index (χ3n) is 2.20. The van der Waals surface area contributed by atoms with E-state index in [1.807, 2.05) is 7.05 Å². The first-order valence-electron chi connectivity index (χ1n) is 4.59. The summed E-state index contributed by atoms with van der Waals surface area (Å²) in [4.78, 5) is 11.8. The molecule has 2 aromatic rings. The number of ketones is 1. The second-order valence-corrected chi connectivity index (χ2v) is 3.40. The van der Waals surface area contributed by atoms with Crippen molar-refractivity contribution >= 4 is 5.78 Å². The number of aryl methyl sites for hydroxylation is 1. The summed E-state index contributed by atoms with van der Waals surface area (Å²) in [5.74, 6) is -0.421. The lowest BCUT2D eigenvalue weighted by atomic mass is 10.1. The average molecular weight is 203 g/mol. The molecule has 1 heterocycles. The fourth-order valence-electron chi connectivity index (χ4n) is 1.41. The maximum absolute atomic E-state index is 12.6. The number of rotatable bonds is 2. The lowest BCUT2D eigenvalue weighted by molar-refractivity contribution is 0.103. The Hall–Kier alpha value is -1.90. The van der Waals surface area contributed by atoms with Gasteiger partial charge in [-0.05, 0) is 30.3 Å². The zero-order valence-corrected chi connectivity index (χ0v) is 8.27. The third kappa shape index (κ3) is 1.96. The van der Waals surface area contributed by atoms with E-state index in [1.54, 1.807) is 23.0 Å². The van der Waals surface area contributed by atoms with Gasteiger partial charge in [-0.1, -0.05) is 0 Å². The van der Waals surface area contributed by atoms with Crippen LogP contribution in [0.3, 0.4) is 0 Å². The third-order valence-corrected chi connectivity index (χ3v) is 2.20. The number of hydrogen-bond acceptors (Lipinski definition) is 1. The van der Waals surface area contributed by atoms with Crippen LogP contribution in [0.1, 0.15) is 15.9 Å². The Bertz CT molecular complexity index is 485. The van der Waals surface area contributed by atoms with Gasteiger partial charge in [-0.25, -0.2) is 4.39 Å². The molecule has 0 fully saturated rings. The van der Waals surface area contributed by atoms with Gasteiger partial charge in [-0.15, -0.1) is 0 Å². The van der Waals surface area contributed by atoms with Crippen LogP contribution >= 0.6 is 0 Å². The van der Waals surface area contributed by atoms with E-state index < -0.39 is 0 Å². The Morgan fingerprint density at radius 2 is 1.80 bits per heavy atom. The minimum absolute atomic E-state index is 0.0874. The van der Waals surface area contributed by atoms with Crippen LogP contribution in [0.15, 0.2) is 42.7 Å². The first kappa shape index (κ1) is 9.65. The SMILES string of the molecule is Cn1ccc(C(=O)c2ccc(F)cc2)c1. The summed E-state index contributed by atoms with van der Waals surface area (Å²) in [6, 6.07) is 7.30. The molecular weight excluding hydrogens is 193 g/mol. The highest BCUT2D eigenvalue weighted by Gasteiger charge is 2.09. The minimum Gasteiger partial charge on any atom is -0.357 e. The van der Waals surface area contributed by atoms with Gasteiger partial charge in [-0.3, -0.25) is 4.79 Å². The second-order valence-electron chi connectivity index (χ2n) is 3.40. The van der Waals surface area contributed by atoms with Crippen molar-refractivity contribution < 1.29 is 9.18 Å². The van der Waals surface area contributed by atoms with Crippen molar-refractivity contribution in [2.24, 2.45) is 7.05 Å². The molecule has 0 amide bonds. The van der Waals surface area contributed by atoms with E-state index in [1.165, 1.54) is 24.3 Å². The fourth-order valence-corrected chi connectivity index (χ4v) is 1.41. The van der Waals surface area contributed by atoms with Gasteiger partial charge in [0.25, 0.3) is 0 Å². The summed E-state index contributed by atoms with van der Waals surface area (Å²) in [7, 11) is 1.85. The van der Waals surface area contributed by atoms with Crippen molar-refractivity contribution in [2.45, 2.75) is 0 Å². The van der Waals surface area contributed by atoms with Crippen molar-refractivity contribution in [3.05, 3.63) is 59.7 Å². The molecule has 2 nitrogen and oxygen atoms in total. The molecule has 1 aromatic heterocycles.